The summed E-state index contributed by atoms with van der Waals surface area (Å²) in [5, 5.41) is 11.4. The highest BCUT2D eigenvalue weighted by Crippen LogP contribution is 2.64. The Morgan fingerprint density at radius 1 is 1.09 bits per heavy atom. The minimum absolute atomic E-state index is 0.208. The number of fused-ring (bicyclic) bond motifs is 2. The van der Waals surface area contributed by atoms with Gasteiger partial charge in [-0.2, -0.15) is 0 Å². The number of carbonyl (C=O) groups excluding carboxylic acids is 3. The first-order valence-corrected chi connectivity index (χ1v) is 11.3. The third-order valence-corrected chi connectivity index (χ3v) is 8.21. The number of aliphatic hydroxyl groups is 1. The van der Waals surface area contributed by atoms with Crippen LogP contribution in [0.3, 0.4) is 0 Å². The van der Waals surface area contributed by atoms with Crippen molar-refractivity contribution in [2.45, 2.75) is 85.0 Å². The highest BCUT2D eigenvalue weighted by atomic mass is 16.6. The van der Waals surface area contributed by atoms with Crippen LogP contribution in [0.2, 0.25) is 0 Å². The molecular formula is C25H36O7. The van der Waals surface area contributed by atoms with Crippen LogP contribution in [0.15, 0.2) is 23.8 Å². The Morgan fingerprint density at radius 3 is 2.25 bits per heavy atom. The van der Waals surface area contributed by atoms with Gasteiger partial charge in [-0.3, -0.25) is 14.4 Å². The molecule has 0 aromatic carbocycles. The fourth-order valence-electron chi connectivity index (χ4n) is 6.77. The number of methoxy groups -OCH3 is 1. The molecule has 1 fully saturated rings. The molecule has 0 radical (unpaired) electrons. The molecule has 0 aromatic rings. The molecule has 1 N–H and O–H groups in total. The minimum Gasteiger partial charge on any atom is -0.469 e. The molecule has 32 heavy (non-hydrogen) atoms. The monoisotopic (exact) mass is 448 g/mol. The van der Waals surface area contributed by atoms with E-state index in [1.807, 2.05) is 13.8 Å². The third kappa shape index (κ3) is 3.68. The highest BCUT2D eigenvalue weighted by Gasteiger charge is 2.63. The van der Waals surface area contributed by atoms with Crippen molar-refractivity contribution in [2.75, 3.05) is 7.11 Å². The topological polar surface area (TPSA) is 99.1 Å². The maximum absolute atomic E-state index is 12.9. The van der Waals surface area contributed by atoms with Crippen LogP contribution in [0.25, 0.3) is 0 Å². The quantitative estimate of drug-likeness (QED) is 0.399. The van der Waals surface area contributed by atoms with Crippen LogP contribution in [-0.2, 0) is 28.6 Å². The van der Waals surface area contributed by atoms with E-state index in [9.17, 15) is 19.5 Å². The Morgan fingerprint density at radius 2 is 1.72 bits per heavy atom. The van der Waals surface area contributed by atoms with E-state index in [1.165, 1.54) is 21.0 Å². The fraction of sp³-hybridized carbons (Fsp3) is 0.720. The SMILES string of the molecule is C=C[C@@]1(C)C[C@@H](O)C2=C([C@H]1OC(C)=O)[C@H](OC(C)=O)C[C@H]1[C@](C)(C(=O)OC)CCC[C@]21C. The van der Waals surface area contributed by atoms with Gasteiger partial charge in [0.15, 0.2) is 0 Å². The zero-order valence-electron chi connectivity index (χ0n) is 20.0. The lowest BCUT2D eigenvalue weighted by atomic mass is 9.46. The van der Waals surface area contributed by atoms with Gasteiger partial charge in [-0.25, -0.2) is 0 Å². The summed E-state index contributed by atoms with van der Waals surface area (Å²) in [5.41, 5.74) is -0.668. The van der Waals surface area contributed by atoms with Gasteiger partial charge in [0.1, 0.15) is 12.2 Å². The second-order valence-electron chi connectivity index (χ2n) is 10.4. The zero-order chi connectivity index (χ0) is 24.1. The van der Waals surface area contributed by atoms with Crippen molar-refractivity contribution >= 4 is 17.9 Å². The largest absolute Gasteiger partial charge is 0.469 e. The molecule has 7 nitrogen and oxygen atoms in total. The van der Waals surface area contributed by atoms with E-state index >= 15 is 0 Å². The molecule has 3 rings (SSSR count). The molecule has 1 saturated carbocycles. The predicted octanol–water partition coefficient (Wildman–Crippen LogP) is 3.49. The molecule has 0 spiro atoms. The zero-order valence-corrected chi connectivity index (χ0v) is 20.0. The van der Waals surface area contributed by atoms with Gasteiger partial charge in [-0.15, -0.1) is 6.58 Å². The van der Waals surface area contributed by atoms with Gasteiger partial charge < -0.3 is 19.3 Å². The molecule has 0 unspecified atom stereocenters. The summed E-state index contributed by atoms with van der Waals surface area (Å²) in [6.45, 7) is 12.5. The van der Waals surface area contributed by atoms with Crippen molar-refractivity contribution in [3.63, 3.8) is 0 Å². The second kappa shape index (κ2) is 8.32. The molecule has 0 amide bonds. The van der Waals surface area contributed by atoms with Crippen molar-refractivity contribution in [2.24, 2.45) is 22.2 Å². The van der Waals surface area contributed by atoms with Crippen molar-refractivity contribution in [1.29, 1.82) is 0 Å². The molecule has 3 aliphatic carbocycles. The van der Waals surface area contributed by atoms with Crippen molar-refractivity contribution in [3.8, 4) is 0 Å². The molecule has 3 aliphatic rings. The van der Waals surface area contributed by atoms with E-state index in [-0.39, 0.29) is 11.9 Å². The summed E-state index contributed by atoms with van der Waals surface area (Å²) in [6.07, 6.45) is 2.34. The lowest BCUT2D eigenvalue weighted by Gasteiger charge is -2.59. The van der Waals surface area contributed by atoms with E-state index in [0.29, 0.717) is 24.8 Å². The third-order valence-electron chi connectivity index (χ3n) is 8.21. The highest BCUT2D eigenvalue weighted by molar-refractivity contribution is 5.77. The van der Waals surface area contributed by atoms with Crippen LogP contribution < -0.4 is 0 Å². The maximum Gasteiger partial charge on any atom is 0.311 e. The second-order valence-corrected chi connectivity index (χ2v) is 10.4. The molecule has 0 aromatic heterocycles. The van der Waals surface area contributed by atoms with E-state index in [1.54, 1.807) is 6.08 Å². The van der Waals surface area contributed by atoms with Gasteiger partial charge in [0.2, 0.25) is 0 Å². The van der Waals surface area contributed by atoms with Crippen LogP contribution in [0.4, 0.5) is 0 Å². The Kier molecular flexibility index (Phi) is 6.37. The standard InChI is InChI=1S/C25H36O7/c1-8-23(4)13-16(28)20-19(21(23)32-15(3)27)17(31-14(2)26)12-18-24(20,5)10-9-11-25(18,6)22(29)30-7/h8,16-18,21,28H,1,9-13H2,2-7H3/t16-,17-,18-,21-,23+,24+,25-/m1/s1. The number of hydrogen-bond donors (Lipinski definition) is 1. The summed E-state index contributed by atoms with van der Waals surface area (Å²) >= 11 is 0. The van der Waals surface area contributed by atoms with Crippen LogP contribution >= 0.6 is 0 Å². The minimum atomic E-state index is -0.842. The van der Waals surface area contributed by atoms with Crippen molar-refractivity contribution in [3.05, 3.63) is 23.8 Å². The Balaban J connectivity index is 2.28. The first-order chi connectivity index (χ1) is 14.8. The smallest absolute Gasteiger partial charge is 0.311 e. The summed E-state index contributed by atoms with van der Waals surface area (Å²) in [7, 11) is 1.39. The van der Waals surface area contributed by atoms with Crippen molar-refractivity contribution < 1.29 is 33.7 Å². The average molecular weight is 449 g/mol. The van der Waals surface area contributed by atoms with Crippen LogP contribution in [0.5, 0.6) is 0 Å². The molecule has 7 heteroatoms. The van der Waals surface area contributed by atoms with Gasteiger partial charge in [0.25, 0.3) is 0 Å². The summed E-state index contributed by atoms with van der Waals surface area (Å²) in [4.78, 5) is 37.1. The molecule has 0 saturated heterocycles. The van der Waals surface area contributed by atoms with Gasteiger partial charge in [0.05, 0.1) is 18.6 Å². The van der Waals surface area contributed by atoms with Gasteiger partial charge in [-0.1, -0.05) is 26.3 Å². The van der Waals surface area contributed by atoms with E-state index < -0.39 is 46.5 Å². The van der Waals surface area contributed by atoms with Gasteiger partial charge >= 0.3 is 17.9 Å². The van der Waals surface area contributed by atoms with Crippen LogP contribution in [0.1, 0.15) is 66.7 Å². The number of hydrogen-bond acceptors (Lipinski definition) is 7. The van der Waals surface area contributed by atoms with Gasteiger partial charge in [-0.05, 0) is 49.5 Å². The lowest BCUT2D eigenvalue weighted by molar-refractivity contribution is -0.170. The number of carbonyl (C=O) groups is 3. The number of aliphatic hydroxyl groups excluding tert-OH is 1. The first-order valence-electron chi connectivity index (χ1n) is 11.3. The molecule has 0 aliphatic heterocycles. The maximum atomic E-state index is 12.9. The van der Waals surface area contributed by atoms with Crippen LogP contribution in [0, 0.1) is 22.2 Å². The van der Waals surface area contributed by atoms with E-state index in [4.69, 9.17) is 14.2 Å². The Labute approximate surface area is 190 Å². The van der Waals surface area contributed by atoms with Crippen LogP contribution in [-0.4, -0.2) is 48.4 Å². The Hall–Kier alpha value is -2.15. The van der Waals surface area contributed by atoms with Crippen molar-refractivity contribution in [1.82, 2.24) is 0 Å². The molecule has 178 valence electrons. The normalized spacial score (nSPS) is 41.1. The lowest BCUT2D eigenvalue weighted by Crippen LogP contribution is -2.59. The number of esters is 3. The molecular weight excluding hydrogens is 412 g/mol. The summed E-state index contributed by atoms with van der Waals surface area (Å²) in [6, 6.07) is 0. The van der Waals surface area contributed by atoms with E-state index in [2.05, 4.69) is 13.5 Å². The van der Waals surface area contributed by atoms with E-state index in [0.717, 1.165) is 18.4 Å². The van der Waals surface area contributed by atoms with Gasteiger partial charge in [0, 0.05) is 24.8 Å². The average Bonchev–Trinajstić information content (AvgIpc) is 2.70. The number of rotatable bonds is 4. The fourth-order valence-corrected chi connectivity index (χ4v) is 6.77. The molecule has 0 heterocycles. The first kappa shape index (κ1) is 24.5. The predicted molar refractivity (Wildman–Crippen MR) is 117 cm³/mol. The molecule has 0 bridgehead atoms. The molecule has 7 atom stereocenters. The summed E-state index contributed by atoms with van der Waals surface area (Å²) in [5.74, 6) is -1.43. The number of ether oxygens (including phenoxy) is 3. The summed E-state index contributed by atoms with van der Waals surface area (Å²) < 4.78 is 16.8. The Bertz CT molecular complexity index is 860.